The van der Waals surface area contributed by atoms with E-state index in [1.165, 1.54) is 6.07 Å². The van der Waals surface area contributed by atoms with Gasteiger partial charge >= 0.3 is 6.18 Å². The first-order valence-corrected chi connectivity index (χ1v) is 9.20. The molecule has 1 atom stereocenters. The molecule has 0 heterocycles. The van der Waals surface area contributed by atoms with Crippen LogP contribution in [0.3, 0.4) is 0 Å². The van der Waals surface area contributed by atoms with Crippen molar-refractivity contribution in [3.63, 3.8) is 0 Å². The van der Waals surface area contributed by atoms with Crippen molar-refractivity contribution in [2.45, 2.75) is 44.7 Å². The van der Waals surface area contributed by atoms with E-state index in [0.29, 0.717) is 24.9 Å². The Labute approximate surface area is 167 Å². The normalized spacial score (nSPS) is 12.4. The highest BCUT2D eigenvalue weighted by atomic mass is 19.4. The van der Waals surface area contributed by atoms with Crippen molar-refractivity contribution in [2.24, 2.45) is 5.73 Å². The lowest BCUT2D eigenvalue weighted by molar-refractivity contribution is -0.137. The third kappa shape index (κ3) is 6.51. The van der Waals surface area contributed by atoms with Gasteiger partial charge < -0.3 is 16.8 Å². The smallest absolute Gasteiger partial charge is 0.398 e. The molecule has 0 aliphatic heterocycles. The van der Waals surface area contributed by atoms with Crippen LogP contribution in [0.5, 0.6) is 0 Å². The van der Waals surface area contributed by atoms with Gasteiger partial charge in [0.15, 0.2) is 0 Å². The Morgan fingerprint density at radius 1 is 1.07 bits per heavy atom. The summed E-state index contributed by atoms with van der Waals surface area (Å²) in [5.41, 5.74) is 12.2. The van der Waals surface area contributed by atoms with Crippen molar-refractivity contribution in [2.75, 3.05) is 11.1 Å². The average Bonchev–Trinajstić information content (AvgIpc) is 2.63. The molecule has 8 heteroatoms. The molecular weight excluding hydrogens is 383 g/mol. The minimum atomic E-state index is -4.51. The zero-order chi connectivity index (χ0) is 21.6. The second-order valence-electron chi connectivity index (χ2n) is 6.96. The molecule has 0 fully saturated rings. The van der Waals surface area contributed by atoms with Gasteiger partial charge in [-0.05, 0) is 49.6 Å². The van der Waals surface area contributed by atoms with Gasteiger partial charge in [-0.2, -0.15) is 13.2 Å². The first-order valence-electron chi connectivity index (χ1n) is 9.20. The van der Waals surface area contributed by atoms with E-state index < -0.39 is 23.6 Å². The van der Waals surface area contributed by atoms with E-state index in [1.807, 2.05) is 31.2 Å². The number of hydrogen-bond donors (Lipinski definition) is 3. The number of carbonyl (C=O) groups excluding carboxylic acids is 2. The Kier molecular flexibility index (Phi) is 7.25. The van der Waals surface area contributed by atoms with Gasteiger partial charge in [0.1, 0.15) is 0 Å². The van der Waals surface area contributed by atoms with E-state index in [0.717, 1.165) is 17.7 Å². The number of aryl methyl sites for hydroxylation is 1. The molecule has 156 valence electrons. The van der Waals surface area contributed by atoms with Crippen molar-refractivity contribution in [1.29, 1.82) is 0 Å². The van der Waals surface area contributed by atoms with E-state index in [1.54, 1.807) is 0 Å². The molecular formula is C21H24F3N3O2. The SMILES string of the molecule is Cc1ccc(NC(=O)CCCCC(C(N)=O)c2ccc(C(F)(F)F)cc2N)cc1. The standard InChI is InChI=1S/C21H24F3N3O2/c1-13-6-9-15(10-7-13)27-19(28)5-3-2-4-17(20(26)29)16-11-8-14(12-18(16)25)21(22,23)24/h6-12,17H,2-5,25H2,1H3,(H2,26,29)(H,27,28). The number of alkyl halides is 3. The number of halogens is 3. The lowest BCUT2D eigenvalue weighted by atomic mass is 9.90. The number of unbranched alkanes of at least 4 members (excludes halogenated alkanes) is 1. The highest BCUT2D eigenvalue weighted by molar-refractivity contribution is 5.90. The van der Waals surface area contributed by atoms with Gasteiger partial charge in [0.05, 0.1) is 11.5 Å². The van der Waals surface area contributed by atoms with Gasteiger partial charge in [0.2, 0.25) is 11.8 Å². The number of rotatable bonds is 8. The number of benzene rings is 2. The molecule has 0 saturated heterocycles. The fraction of sp³-hybridized carbons (Fsp3) is 0.333. The quantitative estimate of drug-likeness (QED) is 0.448. The molecule has 0 bridgehead atoms. The van der Waals surface area contributed by atoms with Crippen molar-refractivity contribution in [3.8, 4) is 0 Å². The van der Waals surface area contributed by atoms with Crippen LogP contribution in [0.25, 0.3) is 0 Å². The second-order valence-corrected chi connectivity index (χ2v) is 6.96. The summed E-state index contributed by atoms with van der Waals surface area (Å²) in [5, 5.41) is 2.78. The van der Waals surface area contributed by atoms with Crippen molar-refractivity contribution in [3.05, 3.63) is 59.2 Å². The molecule has 0 saturated carbocycles. The number of amides is 2. The Balaban J connectivity index is 1.90. The van der Waals surface area contributed by atoms with Gasteiger partial charge in [-0.15, -0.1) is 0 Å². The number of nitrogens with one attached hydrogen (secondary N) is 1. The first kappa shape index (κ1) is 22.3. The Morgan fingerprint density at radius 3 is 2.28 bits per heavy atom. The molecule has 2 rings (SSSR count). The third-order valence-corrected chi connectivity index (χ3v) is 4.61. The van der Waals surface area contributed by atoms with E-state index in [4.69, 9.17) is 11.5 Å². The summed E-state index contributed by atoms with van der Waals surface area (Å²) in [6, 6.07) is 10.3. The Morgan fingerprint density at radius 2 is 1.72 bits per heavy atom. The molecule has 0 aliphatic carbocycles. The summed E-state index contributed by atoms with van der Waals surface area (Å²) in [6.45, 7) is 1.95. The van der Waals surface area contributed by atoms with E-state index in [2.05, 4.69) is 5.32 Å². The number of nitrogens with two attached hydrogens (primary N) is 2. The van der Waals surface area contributed by atoms with Crippen LogP contribution in [0, 0.1) is 6.92 Å². The van der Waals surface area contributed by atoms with Crippen LogP contribution in [-0.2, 0) is 15.8 Å². The Bertz CT molecular complexity index is 864. The highest BCUT2D eigenvalue weighted by Crippen LogP contribution is 2.34. The van der Waals surface area contributed by atoms with Crippen LogP contribution in [0.1, 0.15) is 48.3 Å². The predicted molar refractivity (Wildman–Crippen MR) is 106 cm³/mol. The highest BCUT2D eigenvalue weighted by Gasteiger charge is 2.31. The molecule has 5 N–H and O–H groups in total. The number of carbonyl (C=O) groups is 2. The van der Waals surface area contributed by atoms with Crippen LogP contribution in [0.15, 0.2) is 42.5 Å². The van der Waals surface area contributed by atoms with E-state index in [-0.39, 0.29) is 23.6 Å². The van der Waals surface area contributed by atoms with Crippen LogP contribution >= 0.6 is 0 Å². The molecule has 0 radical (unpaired) electrons. The van der Waals surface area contributed by atoms with Crippen LogP contribution < -0.4 is 16.8 Å². The van der Waals surface area contributed by atoms with Gasteiger partial charge in [-0.1, -0.05) is 30.2 Å². The summed E-state index contributed by atoms with van der Waals surface area (Å²) >= 11 is 0. The molecule has 0 spiro atoms. The number of nitrogen functional groups attached to an aromatic ring is 1. The molecule has 2 amide bonds. The largest absolute Gasteiger partial charge is 0.416 e. The molecule has 5 nitrogen and oxygen atoms in total. The zero-order valence-electron chi connectivity index (χ0n) is 16.1. The van der Waals surface area contributed by atoms with Crippen LogP contribution in [-0.4, -0.2) is 11.8 Å². The molecule has 1 unspecified atom stereocenters. The molecule has 2 aromatic carbocycles. The van der Waals surface area contributed by atoms with Crippen molar-refractivity contribution < 1.29 is 22.8 Å². The van der Waals surface area contributed by atoms with Crippen molar-refractivity contribution in [1.82, 2.24) is 0 Å². The van der Waals surface area contributed by atoms with Gasteiger partial charge in [0.25, 0.3) is 0 Å². The zero-order valence-corrected chi connectivity index (χ0v) is 16.1. The Hall–Kier alpha value is -3.03. The number of anilines is 2. The maximum absolute atomic E-state index is 12.8. The third-order valence-electron chi connectivity index (χ3n) is 4.61. The topological polar surface area (TPSA) is 98.2 Å². The molecule has 29 heavy (non-hydrogen) atoms. The summed E-state index contributed by atoms with van der Waals surface area (Å²) in [6.07, 6.45) is -2.97. The van der Waals surface area contributed by atoms with Gasteiger partial charge in [-0.3, -0.25) is 9.59 Å². The maximum atomic E-state index is 12.8. The van der Waals surface area contributed by atoms with E-state index >= 15 is 0 Å². The summed E-state index contributed by atoms with van der Waals surface area (Å²) < 4.78 is 38.3. The number of primary amides is 1. The minimum Gasteiger partial charge on any atom is -0.398 e. The van der Waals surface area contributed by atoms with E-state index in [9.17, 15) is 22.8 Å². The van der Waals surface area contributed by atoms with Gasteiger partial charge in [-0.25, -0.2) is 0 Å². The minimum absolute atomic E-state index is 0.124. The summed E-state index contributed by atoms with van der Waals surface area (Å²) in [7, 11) is 0. The lowest BCUT2D eigenvalue weighted by Crippen LogP contribution is -2.23. The van der Waals surface area contributed by atoms with Gasteiger partial charge in [0, 0.05) is 17.8 Å². The first-order chi connectivity index (χ1) is 13.6. The average molecular weight is 407 g/mol. The fourth-order valence-corrected chi connectivity index (χ4v) is 3.01. The number of hydrogen-bond acceptors (Lipinski definition) is 3. The predicted octanol–water partition coefficient (Wildman–Crippen LogP) is 4.36. The molecule has 0 aliphatic rings. The summed E-state index contributed by atoms with van der Waals surface area (Å²) in [4.78, 5) is 23.8. The van der Waals surface area contributed by atoms with Crippen LogP contribution in [0.4, 0.5) is 24.5 Å². The van der Waals surface area contributed by atoms with Crippen molar-refractivity contribution >= 4 is 23.2 Å². The van der Waals surface area contributed by atoms with Crippen LogP contribution in [0.2, 0.25) is 0 Å². The molecule has 0 aromatic heterocycles. The lowest BCUT2D eigenvalue weighted by Gasteiger charge is -2.17. The molecule has 2 aromatic rings. The maximum Gasteiger partial charge on any atom is 0.416 e. The second kappa shape index (κ2) is 9.45. The monoisotopic (exact) mass is 407 g/mol. The summed E-state index contributed by atoms with van der Waals surface area (Å²) in [5.74, 6) is -1.63. The fourth-order valence-electron chi connectivity index (χ4n) is 3.01.